The van der Waals surface area contributed by atoms with E-state index in [1.165, 1.54) is 18.2 Å². The Kier molecular flexibility index (Phi) is 8.25. The summed E-state index contributed by atoms with van der Waals surface area (Å²) in [5.41, 5.74) is 6.28. The molecule has 0 atom stereocenters. The molecule has 0 fully saturated rings. The Labute approximate surface area is 218 Å². The summed E-state index contributed by atoms with van der Waals surface area (Å²) >= 11 is 0. The molecule has 0 saturated carbocycles. The number of methoxy groups -OCH3 is 2. The van der Waals surface area contributed by atoms with Gasteiger partial charge in [0.2, 0.25) is 0 Å². The van der Waals surface area contributed by atoms with E-state index >= 15 is 0 Å². The van der Waals surface area contributed by atoms with Crippen LogP contribution in [0.3, 0.4) is 0 Å². The Bertz CT molecular complexity index is 1320. The Morgan fingerprint density at radius 3 is 2.46 bits per heavy atom. The first-order valence-electron chi connectivity index (χ1n) is 12.3. The maximum Gasteiger partial charge on any atom is 0.255 e. The maximum absolute atomic E-state index is 13.0. The van der Waals surface area contributed by atoms with Gasteiger partial charge >= 0.3 is 0 Å². The fraction of sp³-hybridized carbons (Fsp3) is 0.267. The van der Waals surface area contributed by atoms with Crippen LogP contribution in [0.2, 0.25) is 0 Å². The Morgan fingerprint density at radius 1 is 0.919 bits per heavy atom. The van der Waals surface area contributed by atoms with Crippen molar-refractivity contribution in [2.45, 2.75) is 26.4 Å². The summed E-state index contributed by atoms with van der Waals surface area (Å²) in [6.45, 7) is 9.09. The van der Waals surface area contributed by atoms with Crippen LogP contribution >= 0.6 is 0 Å². The summed E-state index contributed by atoms with van der Waals surface area (Å²) < 4.78 is 10.5. The first-order valence-corrected chi connectivity index (χ1v) is 12.3. The third kappa shape index (κ3) is 6.57. The molecule has 1 aliphatic rings. The van der Waals surface area contributed by atoms with Crippen LogP contribution in [-0.4, -0.2) is 44.0 Å². The van der Waals surface area contributed by atoms with Gasteiger partial charge in [0.1, 0.15) is 0 Å². The fourth-order valence-electron chi connectivity index (χ4n) is 4.50. The topological polar surface area (TPSA) is 79.9 Å². The van der Waals surface area contributed by atoms with Crippen LogP contribution in [0.5, 0.6) is 11.5 Å². The van der Waals surface area contributed by atoms with Crippen LogP contribution in [0.25, 0.3) is 0 Å². The molecule has 0 aliphatic carbocycles. The minimum absolute atomic E-state index is 0.192. The van der Waals surface area contributed by atoms with E-state index in [0.717, 1.165) is 42.9 Å². The van der Waals surface area contributed by atoms with E-state index in [9.17, 15) is 9.59 Å². The Hall–Kier alpha value is -4.10. The zero-order chi connectivity index (χ0) is 26.4. The van der Waals surface area contributed by atoms with Gasteiger partial charge in [0.15, 0.2) is 11.5 Å². The molecule has 0 saturated heterocycles. The minimum Gasteiger partial charge on any atom is -0.493 e. The van der Waals surface area contributed by atoms with Crippen molar-refractivity contribution >= 4 is 17.5 Å². The van der Waals surface area contributed by atoms with Crippen molar-refractivity contribution in [2.24, 2.45) is 0 Å². The molecule has 7 heteroatoms. The number of hydrogen-bond acceptors (Lipinski definition) is 5. The molecular weight excluding hydrogens is 466 g/mol. The van der Waals surface area contributed by atoms with Gasteiger partial charge in [-0.3, -0.25) is 14.5 Å². The highest BCUT2D eigenvalue weighted by atomic mass is 16.5. The molecule has 3 aromatic carbocycles. The molecule has 2 N–H and O–H groups in total. The molecule has 192 valence electrons. The number of anilines is 1. The number of hydrogen-bond donors (Lipinski definition) is 2. The van der Waals surface area contributed by atoms with E-state index in [1.807, 2.05) is 25.1 Å². The van der Waals surface area contributed by atoms with E-state index in [2.05, 4.69) is 34.2 Å². The van der Waals surface area contributed by atoms with Gasteiger partial charge in [-0.05, 0) is 72.5 Å². The molecule has 1 heterocycles. The average Bonchev–Trinajstić information content (AvgIpc) is 2.90. The van der Waals surface area contributed by atoms with Gasteiger partial charge in [0.25, 0.3) is 11.8 Å². The zero-order valence-corrected chi connectivity index (χ0v) is 21.6. The van der Waals surface area contributed by atoms with Crippen molar-refractivity contribution in [3.05, 3.63) is 101 Å². The third-order valence-electron chi connectivity index (χ3n) is 6.34. The number of rotatable bonds is 9. The molecule has 3 aromatic rings. The van der Waals surface area contributed by atoms with Gasteiger partial charge in [0, 0.05) is 43.0 Å². The number of carbonyl (C=O) groups excluding carboxylic acids is 2. The monoisotopic (exact) mass is 499 g/mol. The van der Waals surface area contributed by atoms with Crippen LogP contribution < -0.4 is 20.1 Å². The average molecular weight is 500 g/mol. The van der Waals surface area contributed by atoms with Crippen molar-refractivity contribution in [3.8, 4) is 11.5 Å². The lowest BCUT2D eigenvalue weighted by molar-refractivity contribution is 0.0950. The molecule has 0 unspecified atom stereocenters. The molecule has 4 rings (SSSR count). The molecule has 0 bridgehead atoms. The molecule has 37 heavy (non-hydrogen) atoms. The summed E-state index contributed by atoms with van der Waals surface area (Å²) in [6.07, 6.45) is 0.994. The molecule has 1 aliphatic heterocycles. The highest BCUT2D eigenvalue weighted by Gasteiger charge is 2.17. The van der Waals surface area contributed by atoms with Crippen LogP contribution in [0, 0.1) is 0 Å². The van der Waals surface area contributed by atoms with Crippen LogP contribution in [0.15, 0.2) is 72.8 Å². The lowest BCUT2D eigenvalue weighted by atomic mass is 9.98. The van der Waals surface area contributed by atoms with E-state index in [1.54, 1.807) is 37.4 Å². The predicted molar refractivity (Wildman–Crippen MR) is 145 cm³/mol. The SMILES string of the molecule is C=C(C)CN1CCc2ccc(NC(=O)c3cccc(CNC(=O)c4ccc(OC)c(OC)c4)c3)cc2C1. The van der Waals surface area contributed by atoms with Gasteiger partial charge in [-0.15, -0.1) is 0 Å². The molecular formula is C30H33N3O4. The summed E-state index contributed by atoms with van der Waals surface area (Å²) in [6, 6.07) is 18.4. The van der Waals surface area contributed by atoms with E-state index < -0.39 is 0 Å². The van der Waals surface area contributed by atoms with Crippen molar-refractivity contribution < 1.29 is 19.1 Å². The maximum atomic E-state index is 13.0. The van der Waals surface area contributed by atoms with Crippen LogP contribution in [0.4, 0.5) is 5.69 Å². The molecule has 2 amide bonds. The number of fused-ring (bicyclic) bond motifs is 1. The quantitative estimate of drug-likeness (QED) is 0.413. The van der Waals surface area contributed by atoms with Crippen molar-refractivity contribution in [1.29, 1.82) is 0 Å². The van der Waals surface area contributed by atoms with Gasteiger partial charge in [-0.1, -0.05) is 30.4 Å². The third-order valence-corrected chi connectivity index (χ3v) is 6.34. The van der Waals surface area contributed by atoms with Crippen LogP contribution in [-0.2, 0) is 19.5 Å². The number of ether oxygens (including phenoxy) is 2. The summed E-state index contributed by atoms with van der Waals surface area (Å²) in [4.78, 5) is 28.0. The number of benzene rings is 3. The van der Waals surface area contributed by atoms with Crippen LogP contribution in [0.1, 0.15) is 44.3 Å². The number of nitrogens with zero attached hydrogens (tertiary/aromatic N) is 1. The highest BCUT2D eigenvalue weighted by molar-refractivity contribution is 6.04. The van der Waals surface area contributed by atoms with E-state index in [-0.39, 0.29) is 18.4 Å². The standard InChI is InChI=1S/C30H33N3O4/c1-20(2)18-33-13-12-22-8-10-26(15-25(22)19-33)32-30(35)23-7-5-6-21(14-23)17-31-29(34)24-9-11-27(36-3)28(16-24)37-4/h5-11,14-16H,1,12-13,17-19H2,2-4H3,(H,31,34)(H,32,35). The van der Waals surface area contributed by atoms with Gasteiger partial charge < -0.3 is 20.1 Å². The first-order chi connectivity index (χ1) is 17.9. The highest BCUT2D eigenvalue weighted by Crippen LogP contribution is 2.27. The zero-order valence-electron chi connectivity index (χ0n) is 21.6. The van der Waals surface area contributed by atoms with E-state index in [4.69, 9.17) is 9.47 Å². The summed E-state index contributed by atoms with van der Waals surface area (Å²) in [5, 5.41) is 5.91. The molecule has 0 aromatic heterocycles. The second-order valence-electron chi connectivity index (χ2n) is 9.31. The van der Waals surface area contributed by atoms with Gasteiger partial charge in [-0.25, -0.2) is 0 Å². The van der Waals surface area contributed by atoms with Crippen molar-refractivity contribution in [2.75, 3.05) is 32.6 Å². The molecule has 0 spiro atoms. The second kappa shape index (κ2) is 11.8. The normalized spacial score (nSPS) is 12.8. The molecule has 0 radical (unpaired) electrons. The number of carbonyl (C=O) groups is 2. The van der Waals surface area contributed by atoms with Gasteiger partial charge in [0.05, 0.1) is 14.2 Å². The predicted octanol–water partition coefficient (Wildman–Crippen LogP) is 4.82. The molecule has 7 nitrogen and oxygen atoms in total. The minimum atomic E-state index is -0.245. The van der Waals surface area contributed by atoms with Gasteiger partial charge in [-0.2, -0.15) is 0 Å². The number of amides is 2. The number of nitrogens with one attached hydrogen (secondary N) is 2. The lowest BCUT2D eigenvalue weighted by Gasteiger charge is -2.29. The summed E-state index contributed by atoms with van der Waals surface area (Å²) in [5.74, 6) is 0.605. The Balaban J connectivity index is 1.38. The van der Waals surface area contributed by atoms with E-state index in [0.29, 0.717) is 22.6 Å². The fourth-order valence-corrected chi connectivity index (χ4v) is 4.50. The summed E-state index contributed by atoms with van der Waals surface area (Å²) in [7, 11) is 3.07. The largest absolute Gasteiger partial charge is 0.493 e. The first kappa shape index (κ1) is 26.0. The smallest absolute Gasteiger partial charge is 0.255 e. The second-order valence-corrected chi connectivity index (χ2v) is 9.31. The lowest BCUT2D eigenvalue weighted by Crippen LogP contribution is -2.31. The Morgan fingerprint density at radius 2 is 1.70 bits per heavy atom. The van der Waals surface area contributed by atoms with Crippen molar-refractivity contribution in [1.82, 2.24) is 10.2 Å². The van der Waals surface area contributed by atoms with Crippen molar-refractivity contribution in [3.63, 3.8) is 0 Å².